The smallest absolute Gasteiger partial charge is 0.282 e. The molecule has 0 aliphatic heterocycles. The molecule has 0 saturated carbocycles. The molecule has 0 rings (SSSR count). The Hall–Kier alpha value is -0.340. The third kappa shape index (κ3) is 224. The second kappa shape index (κ2) is 8.82. The molecule has 36 valence electrons. The van der Waals surface area contributed by atoms with Crippen LogP contribution in [-0.2, 0) is 0 Å². The molecular formula is CH2ClNO3. The van der Waals surface area contributed by atoms with E-state index in [4.69, 9.17) is 19.2 Å². The summed E-state index contributed by atoms with van der Waals surface area (Å²) in [6.07, 6.45) is 0. The zero-order valence-electron chi connectivity index (χ0n) is 2.67. The van der Waals surface area contributed by atoms with Crippen molar-refractivity contribution in [3.8, 4) is 6.57 Å². The first-order valence-electron chi connectivity index (χ1n) is 0.736. The molecule has 6 heavy (non-hydrogen) atoms. The highest BCUT2D eigenvalue weighted by atomic mass is 35.6. The minimum absolute atomic E-state index is 2.60. The lowest BCUT2D eigenvalue weighted by atomic mass is 11.9. The van der Waals surface area contributed by atoms with E-state index in [1.165, 1.54) is 0 Å². The Kier molecular flexibility index (Phi) is 13.5. The molecule has 0 radical (unpaired) electrons. The van der Waals surface area contributed by atoms with Crippen molar-refractivity contribution >= 4 is 0 Å². The minimum atomic E-state index is -2.60. The first kappa shape index (κ1) is 9.18. The fraction of sp³-hybridized carbons (Fsp3) is 0. The highest BCUT2D eigenvalue weighted by Crippen LogP contribution is 1.38. The van der Waals surface area contributed by atoms with E-state index >= 15 is 0 Å². The predicted molar refractivity (Wildman–Crippen MR) is 8.89 cm³/mol. The van der Waals surface area contributed by atoms with Crippen molar-refractivity contribution in [1.82, 2.24) is 0 Å². The SMILES string of the molecule is C#N.[O-][Cl+2]([O-])O. The zero-order valence-corrected chi connectivity index (χ0v) is 3.42. The Labute approximate surface area is 37.7 Å². The monoisotopic (exact) mass is 111 g/mol. The van der Waals surface area contributed by atoms with Crippen LogP contribution < -0.4 is 9.32 Å². The molecule has 0 amide bonds. The molecule has 0 fully saturated rings. The molecule has 0 saturated heterocycles. The van der Waals surface area contributed by atoms with E-state index in [1.54, 1.807) is 0 Å². The van der Waals surface area contributed by atoms with Crippen molar-refractivity contribution in [3.63, 3.8) is 0 Å². The largest absolute Gasteiger partial charge is 0.321 e. The molecule has 0 aliphatic rings. The van der Waals surface area contributed by atoms with E-state index in [-0.39, 0.29) is 0 Å². The number of nitriles is 1. The quantitative estimate of drug-likeness (QED) is 0.366. The van der Waals surface area contributed by atoms with Gasteiger partial charge >= 0.3 is 0 Å². The van der Waals surface area contributed by atoms with Crippen LogP contribution in [0.25, 0.3) is 0 Å². The van der Waals surface area contributed by atoms with E-state index in [1.807, 2.05) is 0 Å². The average molecular weight is 111 g/mol. The van der Waals surface area contributed by atoms with E-state index in [2.05, 4.69) is 6.57 Å². The maximum absolute atomic E-state index is 8.52. The van der Waals surface area contributed by atoms with Crippen LogP contribution in [0.2, 0.25) is 0 Å². The second-order valence-corrected chi connectivity index (χ2v) is 0.603. The third-order valence-electron chi connectivity index (χ3n) is 0. The van der Waals surface area contributed by atoms with E-state index in [9.17, 15) is 0 Å². The van der Waals surface area contributed by atoms with Gasteiger partial charge in [0.1, 0.15) is 0 Å². The molecule has 0 heterocycles. The van der Waals surface area contributed by atoms with Gasteiger partial charge in [-0.15, -0.1) is 0 Å². The van der Waals surface area contributed by atoms with Crippen molar-refractivity contribution in [3.05, 3.63) is 0 Å². The molecule has 1 N–H and O–H groups in total. The minimum Gasteiger partial charge on any atom is -0.321 e. The Morgan fingerprint density at radius 2 is 1.50 bits per heavy atom. The first-order chi connectivity index (χ1) is 2.73. The number of halogens is 1. The van der Waals surface area contributed by atoms with Gasteiger partial charge in [0.15, 0.2) is 0 Å². The molecule has 0 aromatic rings. The van der Waals surface area contributed by atoms with Gasteiger partial charge in [0.05, 0.1) is 0 Å². The second-order valence-electron chi connectivity index (χ2n) is 0.201. The molecule has 0 atom stereocenters. The molecule has 0 aliphatic carbocycles. The Balaban J connectivity index is 0. The lowest BCUT2D eigenvalue weighted by Gasteiger charge is -1.72. The molecule has 5 heteroatoms. The molecule has 0 aromatic heterocycles. The van der Waals surface area contributed by atoms with Crippen LogP contribution in [-0.4, -0.2) is 4.66 Å². The van der Waals surface area contributed by atoms with Crippen LogP contribution in [0.3, 0.4) is 0 Å². The maximum atomic E-state index is 8.52. The molecule has 0 spiro atoms. The number of rotatable bonds is 0. The zero-order chi connectivity index (χ0) is 5.58. The van der Waals surface area contributed by atoms with Crippen molar-refractivity contribution in [2.75, 3.05) is 0 Å². The summed E-state index contributed by atoms with van der Waals surface area (Å²) < 4.78 is 24.0. The van der Waals surface area contributed by atoms with Gasteiger partial charge in [-0.1, -0.05) is 0 Å². The topological polar surface area (TPSA) is 90.1 Å². The summed E-state index contributed by atoms with van der Waals surface area (Å²) in [4.78, 5) is 0. The standard InChI is InChI=1S/CHN.ClHO3/c1-2;2-1(3)4/h1H;2H. The fourth-order valence-corrected chi connectivity index (χ4v) is 0. The van der Waals surface area contributed by atoms with Crippen molar-refractivity contribution in [1.29, 1.82) is 5.26 Å². The van der Waals surface area contributed by atoms with E-state index in [0.29, 0.717) is 0 Å². The maximum Gasteiger partial charge on any atom is 0.282 e. The van der Waals surface area contributed by atoms with Gasteiger partial charge in [0.25, 0.3) is 10.8 Å². The van der Waals surface area contributed by atoms with Crippen molar-refractivity contribution in [2.24, 2.45) is 0 Å². The summed E-state index contributed by atoms with van der Waals surface area (Å²) in [6, 6.07) is 0. The molecule has 4 nitrogen and oxygen atoms in total. The normalized spacial score (nSPS) is 6.33. The predicted octanol–water partition coefficient (Wildman–Crippen LogP) is -2.80. The summed E-state index contributed by atoms with van der Waals surface area (Å²) in [7, 11) is -2.60. The molecular weight excluding hydrogens is 109 g/mol. The summed E-state index contributed by atoms with van der Waals surface area (Å²) in [5.74, 6) is 0. The fourth-order valence-electron chi connectivity index (χ4n) is 0. The molecule has 0 bridgehead atoms. The molecule has 0 aromatic carbocycles. The summed E-state index contributed by atoms with van der Waals surface area (Å²) in [5, 5.41) is 6.50. The molecule has 0 unspecified atom stereocenters. The van der Waals surface area contributed by atoms with Gasteiger partial charge < -0.3 is 9.32 Å². The summed E-state index contributed by atoms with van der Waals surface area (Å²) in [5.41, 5.74) is 0. The van der Waals surface area contributed by atoms with Crippen LogP contribution in [0, 0.1) is 22.6 Å². The van der Waals surface area contributed by atoms with Crippen LogP contribution in [0.15, 0.2) is 0 Å². The summed E-state index contributed by atoms with van der Waals surface area (Å²) >= 11 is 0. The lowest BCUT2D eigenvalue weighted by molar-refractivity contribution is -1.63. The average Bonchev–Trinajstić information content (AvgIpc) is 1.41. The Bertz CT molecular complexity index is 32.3. The number of nitrogens with zero attached hydrogens (tertiary/aromatic N) is 1. The van der Waals surface area contributed by atoms with Crippen molar-refractivity contribution < 1.29 is 24.8 Å². The van der Waals surface area contributed by atoms with Gasteiger partial charge in [-0.2, -0.15) is 0 Å². The van der Waals surface area contributed by atoms with Crippen LogP contribution >= 0.6 is 0 Å². The van der Waals surface area contributed by atoms with Crippen LogP contribution in [0.5, 0.6) is 0 Å². The van der Waals surface area contributed by atoms with Gasteiger partial charge in [0, 0.05) is 11.2 Å². The number of hydrogen-bond donors (Lipinski definition) is 1. The van der Waals surface area contributed by atoms with Gasteiger partial charge in [-0.25, -0.2) is 5.26 Å². The lowest BCUT2D eigenvalue weighted by Crippen LogP contribution is -2.30. The Morgan fingerprint density at radius 1 is 1.50 bits per heavy atom. The highest BCUT2D eigenvalue weighted by Gasteiger charge is 1.79. The third-order valence-corrected chi connectivity index (χ3v) is 0. The van der Waals surface area contributed by atoms with E-state index < -0.39 is 10.8 Å². The van der Waals surface area contributed by atoms with Gasteiger partial charge in [-0.3, -0.25) is 0 Å². The Morgan fingerprint density at radius 3 is 1.50 bits per heavy atom. The number of hydrogen-bond acceptors (Lipinski definition) is 4. The van der Waals surface area contributed by atoms with Gasteiger partial charge in [-0.05, 0) is 0 Å². The summed E-state index contributed by atoms with van der Waals surface area (Å²) in [6.45, 7) is 3.50. The first-order valence-corrected chi connectivity index (χ1v) is 1.69. The van der Waals surface area contributed by atoms with Crippen molar-refractivity contribution in [2.45, 2.75) is 0 Å². The van der Waals surface area contributed by atoms with Gasteiger partial charge in [0.2, 0.25) is 0 Å². The van der Waals surface area contributed by atoms with Crippen LogP contribution in [0.4, 0.5) is 0 Å². The highest BCUT2D eigenvalue weighted by molar-refractivity contribution is 4.03. The van der Waals surface area contributed by atoms with Crippen LogP contribution in [0.1, 0.15) is 0 Å². The van der Waals surface area contributed by atoms with E-state index in [0.717, 1.165) is 0 Å².